The van der Waals surface area contributed by atoms with Gasteiger partial charge in [0.1, 0.15) is 6.33 Å². The number of hydrogen-bond acceptors (Lipinski definition) is 5. The highest BCUT2D eigenvalue weighted by molar-refractivity contribution is 5.84. The third-order valence-corrected chi connectivity index (χ3v) is 3.00. The van der Waals surface area contributed by atoms with Gasteiger partial charge in [-0.15, -0.1) is 5.10 Å². The summed E-state index contributed by atoms with van der Waals surface area (Å²) in [5, 5.41) is 11.4. The molecule has 0 radical (unpaired) electrons. The van der Waals surface area contributed by atoms with Crippen LogP contribution in [0.3, 0.4) is 0 Å². The van der Waals surface area contributed by atoms with E-state index in [9.17, 15) is 0 Å². The summed E-state index contributed by atoms with van der Waals surface area (Å²) >= 11 is 0. The molecule has 4 rings (SSSR count). The van der Waals surface area contributed by atoms with Crippen LogP contribution in [0.4, 0.5) is 0 Å². The molecule has 4 aromatic rings. The maximum absolute atomic E-state index is 4.36. The Bertz CT molecular complexity index is 846. The Labute approximate surface area is 107 Å². The van der Waals surface area contributed by atoms with Crippen LogP contribution in [0.1, 0.15) is 5.56 Å². The van der Waals surface area contributed by atoms with Crippen LogP contribution in [-0.4, -0.2) is 34.6 Å². The van der Waals surface area contributed by atoms with Crippen molar-refractivity contribution in [2.45, 2.75) is 6.54 Å². The van der Waals surface area contributed by atoms with Crippen molar-refractivity contribution in [1.82, 2.24) is 34.6 Å². The zero-order valence-electron chi connectivity index (χ0n) is 9.88. The molecule has 3 aromatic heterocycles. The number of rotatable bonds is 2. The van der Waals surface area contributed by atoms with E-state index < -0.39 is 0 Å². The third kappa shape index (κ3) is 1.55. The first-order chi connectivity index (χ1) is 9.42. The van der Waals surface area contributed by atoms with E-state index in [0.29, 0.717) is 11.2 Å². The first-order valence-corrected chi connectivity index (χ1v) is 5.83. The lowest BCUT2D eigenvalue weighted by molar-refractivity contribution is 0.795. The van der Waals surface area contributed by atoms with Gasteiger partial charge in [-0.1, -0.05) is 30.3 Å². The molecule has 0 atom stereocenters. The fraction of sp³-hybridized carbons (Fsp3) is 0.0833. The Kier molecular flexibility index (Phi) is 2.05. The summed E-state index contributed by atoms with van der Waals surface area (Å²) in [4.78, 5) is 8.71. The van der Waals surface area contributed by atoms with Crippen LogP contribution in [-0.2, 0) is 6.54 Å². The lowest BCUT2D eigenvalue weighted by Crippen LogP contribution is -2.00. The van der Waals surface area contributed by atoms with E-state index in [1.165, 1.54) is 10.1 Å². The van der Waals surface area contributed by atoms with Gasteiger partial charge in [0, 0.05) is 0 Å². The van der Waals surface area contributed by atoms with Crippen molar-refractivity contribution in [3.63, 3.8) is 0 Å². The van der Waals surface area contributed by atoms with E-state index in [2.05, 4.69) is 37.6 Å². The first kappa shape index (κ1) is 10.1. The van der Waals surface area contributed by atoms with Gasteiger partial charge in [-0.05, 0) is 16.0 Å². The number of fused-ring (bicyclic) bond motifs is 3. The van der Waals surface area contributed by atoms with Crippen LogP contribution in [0, 0.1) is 0 Å². The van der Waals surface area contributed by atoms with Crippen molar-refractivity contribution in [1.29, 1.82) is 0 Å². The molecule has 7 nitrogen and oxygen atoms in total. The second-order valence-corrected chi connectivity index (χ2v) is 4.22. The van der Waals surface area contributed by atoms with Gasteiger partial charge < -0.3 is 4.57 Å². The molecule has 19 heavy (non-hydrogen) atoms. The normalized spacial score (nSPS) is 11.4. The van der Waals surface area contributed by atoms with Gasteiger partial charge in [-0.2, -0.15) is 4.52 Å². The minimum absolute atomic E-state index is 0.622. The van der Waals surface area contributed by atoms with E-state index in [1.54, 1.807) is 12.7 Å². The zero-order valence-corrected chi connectivity index (χ0v) is 9.88. The molecule has 0 bridgehead atoms. The van der Waals surface area contributed by atoms with Crippen LogP contribution in [0.2, 0.25) is 0 Å². The van der Waals surface area contributed by atoms with Gasteiger partial charge in [0.05, 0.1) is 12.9 Å². The largest absolute Gasteiger partial charge is 0.311 e. The summed E-state index contributed by atoms with van der Waals surface area (Å²) in [5.41, 5.74) is 3.31. The summed E-state index contributed by atoms with van der Waals surface area (Å²) < 4.78 is 3.50. The lowest BCUT2D eigenvalue weighted by atomic mass is 10.2. The van der Waals surface area contributed by atoms with E-state index >= 15 is 0 Å². The molecular formula is C12H9N7. The quantitative estimate of drug-likeness (QED) is 0.529. The highest BCUT2D eigenvalue weighted by atomic mass is 15.5. The molecule has 0 unspecified atom stereocenters. The van der Waals surface area contributed by atoms with Crippen LogP contribution in [0.5, 0.6) is 0 Å². The molecule has 0 amide bonds. The molecule has 3 heterocycles. The van der Waals surface area contributed by atoms with Crippen molar-refractivity contribution >= 4 is 16.8 Å². The Morgan fingerprint density at radius 2 is 1.84 bits per heavy atom. The van der Waals surface area contributed by atoms with Gasteiger partial charge in [-0.3, -0.25) is 0 Å². The second kappa shape index (κ2) is 3.84. The van der Waals surface area contributed by atoms with Crippen molar-refractivity contribution in [2.24, 2.45) is 0 Å². The molecule has 0 aliphatic carbocycles. The van der Waals surface area contributed by atoms with Crippen molar-refractivity contribution in [2.75, 3.05) is 0 Å². The maximum Gasteiger partial charge on any atom is 0.210 e. The van der Waals surface area contributed by atoms with E-state index in [4.69, 9.17) is 0 Å². The molecule has 0 aliphatic rings. The minimum Gasteiger partial charge on any atom is -0.311 e. The molecule has 0 saturated carbocycles. The van der Waals surface area contributed by atoms with Crippen LogP contribution in [0.15, 0.2) is 43.0 Å². The van der Waals surface area contributed by atoms with E-state index in [-0.39, 0.29) is 0 Å². The predicted octanol–water partition coefficient (Wildman–Crippen LogP) is 0.917. The lowest BCUT2D eigenvalue weighted by Gasteiger charge is -2.03. The van der Waals surface area contributed by atoms with Gasteiger partial charge in [0.15, 0.2) is 11.2 Å². The molecule has 92 valence electrons. The summed E-state index contributed by atoms with van der Waals surface area (Å²) in [5.74, 6) is 0. The molecule has 1 aromatic carbocycles. The molecule has 7 heteroatoms. The fourth-order valence-corrected chi connectivity index (χ4v) is 2.10. The number of hydrogen-bond donors (Lipinski definition) is 0. The molecule has 0 aliphatic heterocycles. The Morgan fingerprint density at radius 1 is 0.947 bits per heavy atom. The van der Waals surface area contributed by atoms with Gasteiger partial charge in [0.25, 0.3) is 0 Å². The second-order valence-electron chi connectivity index (χ2n) is 4.22. The number of tetrazole rings is 1. The Morgan fingerprint density at radius 3 is 2.74 bits per heavy atom. The maximum atomic E-state index is 4.36. The first-order valence-electron chi connectivity index (χ1n) is 5.83. The van der Waals surface area contributed by atoms with Crippen LogP contribution < -0.4 is 0 Å². The van der Waals surface area contributed by atoms with E-state index in [1.807, 2.05) is 22.8 Å². The van der Waals surface area contributed by atoms with Crippen molar-refractivity contribution < 1.29 is 0 Å². The van der Waals surface area contributed by atoms with Crippen LogP contribution >= 0.6 is 0 Å². The summed E-state index contributed by atoms with van der Waals surface area (Å²) in [6.45, 7) is 0.724. The average Bonchev–Trinajstić information content (AvgIpc) is 3.06. The molecule has 0 N–H and O–H groups in total. The predicted molar refractivity (Wildman–Crippen MR) is 67.4 cm³/mol. The highest BCUT2D eigenvalue weighted by Gasteiger charge is 2.10. The van der Waals surface area contributed by atoms with E-state index in [0.717, 1.165) is 12.2 Å². The Hall–Kier alpha value is -2.83. The molecule has 0 saturated heterocycles. The number of benzene rings is 1. The van der Waals surface area contributed by atoms with Gasteiger partial charge in [-0.25, -0.2) is 9.97 Å². The average molecular weight is 251 g/mol. The summed E-state index contributed by atoms with van der Waals surface area (Å²) in [7, 11) is 0. The fourth-order valence-electron chi connectivity index (χ4n) is 2.10. The van der Waals surface area contributed by atoms with Crippen molar-refractivity contribution in [3.05, 3.63) is 48.5 Å². The monoisotopic (exact) mass is 251 g/mol. The van der Waals surface area contributed by atoms with Crippen LogP contribution in [0.25, 0.3) is 16.8 Å². The third-order valence-electron chi connectivity index (χ3n) is 3.00. The summed E-state index contributed by atoms with van der Waals surface area (Å²) in [6, 6.07) is 10.2. The Balaban J connectivity index is 1.87. The molecular weight excluding hydrogens is 242 g/mol. The highest BCUT2D eigenvalue weighted by Crippen LogP contribution is 2.14. The SMILES string of the molecule is c1ccc(Cn2cnc3c2ncn2nnnc32)cc1. The van der Waals surface area contributed by atoms with Crippen molar-refractivity contribution in [3.8, 4) is 0 Å². The molecule has 0 spiro atoms. The zero-order chi connectivity index (χ0) is 12.7. The number of imidazole rings is 1. The van der Waals surface area contributed by atoms with Gasteiger partial charge in [0.2, 0.25) is 5.65 Å². The standard InChI is InChI=1S/C12H9N7/c1-2-4-9(5-3-1)6-18-7-13-10-11(18)14-8-19-12(10)15-16-17-19/h1-5,7-8H,6H2. The summed E-state index contributed by atoms with van der Waals surface area (Å²) in [6.07, 6.45) is 3.36. The van der Waals surface area contributed by atoms with Gasteiger partial charge >= 0.3 is 0 Å². The molecule has 0 fully saturated rings. The number of nitrogens with zero attached hydrogens (tertiary/aromatic N) is 7. The topological polar surface area (TPSA) is 73.8 Å². The minimum atomic E-state index is 0.622. The number of aromatic nitrogens is 7. The smallest absolute Gasteiger partial charge is 0.210 e.